The van der Waals surface area contributed by atoms with Crippen LogP contribution in [-0.4, -0.2) is 11.9 Å². The first-order valence-corrected chi connectivity index (χ1v) is 5.33. The zero-order valence-electron chi connectivity index (χ0n) is 9.68. The Morgan fingerprint density at radius 2 is 2.18 bits per heavy atom. The van der Waals surface area contributed by atoms with Crippen LogP contribution < -0.4 is 11.1 Å². The van der Waals surface area contributed by atoms with Gasteiger partial charge in [-0.15, -0.1) is 0 Å². The molecule has 1 aromatic rings. The molecule has 0 aliphatic heterocycles. The molecule has 0 saturated heterocycles. The SMILES string of the molecule is C[C@@H](N)C(=O)N/C=C/Cc1ccc(C#N)cc1. The van der Waals surface area contributed by atoms with Crippen molar-refractivity contribution in [1.82, 2.24) is 5.32 Å². The lowest BCUT2D eigenvalue weighted by Gasteiger charge is -2.02. The normalized spacial score (nSPS) is 12.1. The van der Waals surface area contributed by atoms with Crippen molar-refractivity contribution in [3.8, 4) is 6.07 Å². The lowest BCUT2D eigenvalue weighted by atomic mass is 10.1. The van der Waals surface area contributed by atoms with Gasteiger partial charge < -0.3 is 11.1 Å². The summed E-state index contributed by atoms with van der Waals surface area (Å²) in [4.78, 5) is 11.1. The second kappa shape index (κ2) is 6.46. The van der Waals surface area contributed by atoms with Gasteiger partial charge in [-0.1, -0.05) is 18.2 Å². The number of hydrogen-bond acceptors (Lipinski definition) is 3. The molecular weight excluding hydrogens is 214 g/mol. The molecule has 0 aliphatic carbocycles. The Hall–Kier alpha value is -2.12. The van der Waals surface area contributed by atoms with E-state index in [-0.39, 0.29) is 5.91 Å². The van der Waals surface area contributed by atoms with Crippen LogP contribution in [0.2, 0.25) is 0 Å². The van der Waals surface area contributed by atoms with Crippen LogP contribution in [0.1, 0.15) is 18.1 Å². The summed E-state index contributed by atoms with van der Waals surface area (Å²) in [5.74, 6) is -0.207. The molecule has 1 aromatic carbocycles. The van der Waals surface area contributed by atoms with Gasteiger partial charge in [-0.2, -0.15) is 5.26 Å². The highest BCUT2D eigenvalue weighted by molar-refractivity contribution is 5.81. The third-order valence-corrected chi connectivity index (χ3v) is 2.19. The summed E-state index contributed by atoms with van der Waals surface area (Å²) < 4.78 is 0. The molecule has 1 rings (SSSR count). The van der Waals surface area contributed by atoms with E-state index in [1.807, 2.05) is 18.2 Å². The van der Waals surface area contributed by atoms with E-state index in [0.29, 0.717) is 12.0 Å². The van der Waals surface area contributed by atoms with Crippen LogP contribution in [0.4, 0.5) is 0 Å². The Morgan fingerprint density at radius 1 is 1.53 bits per heavy atom. The summed E-state index contributed by atoms with van der Waals surface area (Å²) >= 11 is 0. The molecule has 0 aliphatic rings. The van der Waals surface area contributed by atoms with E-state index < -0.39 is 6.04 Å². The summed E-state index contributed by atoms with van der Waals surface area (Å²) in [5.41, 5.74) is 7.11. The zero-order chi connectivity index (χ0) is 12.7. The average Bonchev–Trinajstić information content (AvgIpc) is 2.35. The molecule has 0 unspecified atom stereocenters. The Balaban J connectivity index is 2.42. The van der Waals surface area contributed by atoms with Crippen LogP contribution in [0.25, 0.3) is 0 Å². The quantitative estimate of drug-likeness (QED) is 0.810. The van der Waals surface area contributed by atoms with E-state index in [9.17, 15) is 4.79 Å². The number of nitrogens with zero attached hydrogens (tertiary/aromatic N) is 1. The molecule has 3 N–H and O–H groups in total. The highest BCUT2D eigenvalue weighted by Gasteiger charge is 2.02. The molecule has 0 fully saturated rings. The smallest absolute Gasteiger partial charge is 0.240 e. The molecule has 1 amide bonds. The number of allylic oxidation sites excluding steroid dienone is 1. The predicted octanol–water partition coefficient (Wildman–Crippen LogP) is 1.08. The minimum absolute atomic E-state index is 0.207. The van der Waals surface area contributed by atoms with Crippen LogP contribution >= 0.6 is 0 Å². The van der Waals surface area contributed by atoms with Crippen molar-refractivity contribution in [2.75, 3.05) is 0 Å². The van der Waals surface area contributed by atoms with Crippen molar-refractivity contribution in [3.05, 3.63) is 47.7 Å². The zero-order valence-corrected chi connectivity index (χ0v) is 9.68. The highest BCUT2D eigenvalue weighted by Crippen LogP contribution is 2.04. The Kier molecular flexibility index (Phi) is 4.92. The van der Waals surface area contributed by atoms with Crippen molar-refractivity contribution in [2.24, 2.45) is 5.73 Å². The van der Waals surface area contributed by atoms with Crippen molar-refractivity contribution in [2.45, 2.75) is 19.4 Å². The molecule has 0 bridgehead atoms. The van der Waals surface area contributed by atoms with Gasteiger partial charge in [0.25, 0.3) is 0 Å². The first-order chi connectivity index (χ1) is 8.13. The number of nitrogens with one attached hydrogen (secondary N) is 1. The molecule has 0 spiro atoms. The van der Waals surface area contributed by atoms with Gasteiger partial charge in [-0.25, -0.2) is 0 Å². The monoisotopic (exact) mass is 229 g/mol. The number of amides is 1. The highest BCUT2D eigenvalue weighted by atomic mass is 16.2. The fourth-order valence-electron chi connectivity index (χ4n) is 1.18. The van der Waals surface area contributed by atoms with Crippen LogP contribution in [0.5, 0.6) is 0 Å². The summed E-state index contributed by atoms with van der Waals surface area (Å²) in [6.07, 6.45) is 4.12. The number of carbonyl (C=O) groups is 1. The molecule has 0 radical (unpaired) electrons. The molecular formula is C13H15N3O. The van der Waals surface area contributed by atoms with Crippen molar-refractivity contribution in [1.29, 1.82) is 5.26 Å². The van der Waals surface area contributed by atoms with Gasteiger partial charge in [-0.05, 0) is 31.0 Å². The Bertz CT molecular complexity index is 441. The number of benzene rings is 1. The van der Waals surface area contributed by atoms with Gasteiger partial charge in [0.15, 0.2) is 0 Å². The number of nitriles is 1. The topological polar surface area (TPSA) is 78.9 Å². The van der Waals surface area contributed by atoms with E-state index in [1.54, 1.807) is 25.3 Å². The van der Waals surface area contributed by atoms with Crippen molar-refractivity contribution >= 4 is 5.91 Å². The van der Waals surface area contributed by atoms with E-state index in [4.69, 9.17) is 11.0 Å². The number of nitrogens with two attached hydrogens (primary N) is 1. The molecule has 4 heteroatoms. The van der Waals surface area contributed by atoms with Crippen molar-refractivity contribution in [3.63, 3.8) is 0 Å². The van der Waals surface area contributed by atoms with E-state index in [1.165, 1.54) is 0 Å². The summed E-state index contributed by atoms with van der Waals surface area (Å²) in [6.45, 7) is 1.63. The lowest BCUT2D eigenvalue weighted by Crippen LogP contribution is -2.35. The van der Waals surface area contributed by atoms with Crippen LogP contribution in [0.15, 0.2) is 36.5 Å². The van der Waals surface area contributed by atoms with E-state index in [0.717, 1.165) is 5.56 Å². The molecule has 4 nitrogen and oxygen atoms in total. The molecule has 1 atom stereocenters. The van der Waals surface area contributed by atoms with Crippen LogP contribution in [0, 0.1) is 11.3 Å². The van der Waals surface area contributed by atoms with Gasteiger partial charge >= 0.3 is 0 Å². The summed E-state index contributed by atoms with van der Waals surface area (Å²) in [6, 6.07) is 8.86. The Labute approximate surface area is 101 Å². The van der Waals surface area contributed by atoms with Crippen LogP contribution in [0.3, 0.4) is 0 Å². The number of hydrogen-bond donors (Lipinski definition) is 2. The number of carbonyl (C=O) groups excluding carboxylic acids is 1. The fourth-order valence-corrected chi connectivity index (χ4v) is 1.18. The average molecular weight is 229 g/mol. The minimum atomic E-state index is -0.505. The maximum absolute atomic E-state index is 11.1. The predicted molar refractivity (Wildman–Crippen MR) is 65.8 cm³/mol. The van der Waals surface area contributed by atoms with E-state index in [2.05, 4.69) is 11.4 Å². The fraction of sp³-hybridized carbons (Fsp3) is 0.231. The van der Waals surface area contributed by atoms with Crippen molar-refractivity contribution < 1.29 is 4.79 Å². The first-order valence-electron chi connectivity index (χ1n) is 5.33. The van der Waals surface area contributed by atoms with Gasteiger partial charge in [0.1, 0.15) is 0 Å². The third-order valence-electron chi connectivity index (χ3n) is 2.19. The standard InChI is InChI=1S/C13H15N3O/c1-10(15)13(17)16-8-2-3-11-4-6-12(9-14)7-5-11/h2,4-8,10H,3,15H2,1H3,(H,16,17)/b8-2+/t10-/m1/s1. The third kappa shape index (κ3) is 4.49. The van der Waals surface area contributed by atoms with Gasteiger partial charge in [0.2, 0.25) is 5.91 Å². The van der Waals surface area contributed by atoms with Gasteiger partial charge in [0, 0.05) is 6.20 Å². The molecule has 0 heterocycles. The summed E-state index contributed by atoms with van der Waals surface area (Å²) in [7, 11) is 0. The maximum Gasteiger partial charge on any atom is 0.240 e. The molecule has 88 valence electrons. The molecule has 0 saturated carbocycles. The lowest BCUT2D eigenvalue weighted by molar-refractivity contribution is -0.121. The first kappa shape index (κ1) is 12.9. The summed E-state index contributed by atoms with van der Waals surface area (Å²) in [5, 5.41) is 11.2. The second-order valence-electron chi connectivity index (χ2n) is 3.71. The molecule has 0 aromatic heterocycles. The van der Waals surface area contributed by atoms with E-state index >= 15 is 0 Å². The van der Waals surface area contributed by atoms with Gasteiger partial charge in [0.05, 0.1) is 17.7 Å². The maximum atomic E-state index is 11.1. The Morgan fingerprint density at radius 3 is 2.71 bits per heavy atom. The largest absolute Gasteiger partial charge is 0.332 e. The van der Waals surface area contributed by atoms with Gasteiger partial charge in [-0.3, -0.25) is 4.79 Å². The molecule has 17 heavy (non-hydrogen) atoms. The number of rotatable bonds is 4. The van der Waals surface area contributed by atoms with Crippen LogP contribution in [-0.2, 0) is 11.2 Å². The minimum Gasteiger partial charge on any atom is -0.332 e. The second-order valence-corrected chi connectivity index (χ2v) is 3.71.